The minimum atomic E-state index is -0.868. The van der Waals surface area contributed by atoms with E-state index in [0.717, 1.165) is 34.7 Å². The number of nitrogens with zero attached hydrogens (tertiary/aromatic N) is 2. The first-order chi connectivity index (χ1) is 12.0. The fraction of sp³-hybridized carbons (Fsp3) is 0.450. The molecule has 0 amide bonds. The Bertz CT molecular complexity index is 707. The average molecular weight is 342 g/mol. The Kier molecular flexibility index (Phi) is 5.37. The van der Waals surface area contributed by atoms with Gasteiger partial charge < -0.3 is 19.5 Å². The van der Waals surface area contributed by atoms with Crippen LogP contribution in [0.2, 0.25) is 0 Å². The predicted molar refractivity (Wildman–Crippen MR) is 97.6 cm³/mol. The molecular weight excluding hydrogens is 316 g/mol. The van der Waals surface area contributed by atoms with Crippen LogP contribution in [0.15, 0.2) is 36.5 Å². The Hall–Kier alpha value is -1.95. The summed E-state index contributed by atoms with van der Waals surface area (Å²) in [6.45, 7) is 1.96. The van der Waals surface area contributed by atoms with E-state index < -0.39 is 5.60 Å². The fourth-order valence-electron chi connectivity index (χ4n) is 3.23. The van der Waals surface area contributed by atoms with Crippen LogP contribution in [-0.4, -0.2) is 49.4 Å². The summed E-state index contributed by atoms with van der Waals surface area (Å²) in [6.07, 6.45) is 3.02. The predicted octanol–water partition coefficient (Wildman–Crippen LogP) is 2.82. The zero-order valence-electron chi connectivity index (χ0n) is 15.2. The van der Waals surface area contributed by atoms with Gasteiger partial charge in [-0.1, -0.05) is 12.1 Å². The molecule has 5 heteroatoms. The van der Waals surface area contributed by atoms with Crippen molar-refractivity contribution in [1.29, 1.82) is 0 Å². The van der Waals surface area contributed by atoms with Crippen molar-refractivity contribution in [3.05, 3.63) is 47.8 Å². The highest BCUT2D eigenvalue weighted by molar-refractivity contribution is 5.65. The zero-order valence-corrected chi connectivity index (χ0v) is 15.2. The molecule has 0 aliphatic carbocycles. The molecule has 1 N–H and O–H groups in total. The summed E-state index contributed by atoms with van der Waals surface area (Å²) in [4.78, 5) is 6.65. The number of methoxy groups -OCH3 is 1. The van der Waals surface area contributed by atoms with E-state index in [2.05, 4.69) is 16.0 Å². The van der Waals surface area contributed by atoms with Crippen molar-refractivity contribution in [2.75, 3.05) is 34.4 Å². The molecule has 1 saturated heterocycles. The second-order valence-electron chi connectivity index (χ2n) is 6.84. The van der Waals surface area contributed by atoms with Gasteiger partial charge in [0.05, 0.1) is 12.8 Å². The lowest BCUT2D eigenvalue weighted by molar-refractivity contribution is -0.0705. The molecule has 1 aliphatic rings. The van der Waals surface area contributed by atoms with Gasteiger partial charge in [-0.2, -0.15) is 0 Å². The van der Waals surface area contributed by atoms with Crippen LogP contribution in [0.1, 0.15) is 24.1 Å². The molecule has 0 radical (unpaired) electrons. The summed E-state index contributed by atoms with van der Waals surface area (Å²) in [5.74, 6) is 0.888. The second-order valence-corrected chi connectivity index (χ2v) is 6.84. The topological polar surface area (TPSA) is 54.8 Å². The lowest BCUT2D eigenvalue weighted by atomic mass is 9.90. The number of aliphatic hydroxyl groups is 1. The third-order valence-corrected chi connectivity index (χ3v) is 4.66. The molecule has 3 rings (SSSR count). The number of benzene rings is 1. The Morgan fingerprint density at radius 3 is 2.48 bits per heavy atom. The van der Waals surface area contributed by atoms with Crippen molar-refractivity contribution < 1.29 is 14.6 Å². The second kappa shape index (κ2) is 7.52. The van der Waals surface area contributed by atoms with Crippen molar-refractivity contribution in [3.8, 4) is 16.9 Å². The Labute approximate surface area is 149 Å². The van der Waals surface area contributed by atoms with Crippen LogP contribution >= 0.6 is 0 Å². The zero-order chi connectivity index (χ0) is 17.9. The standard InChI is InChI=1S/C20H26N2O3/c1-22(2)14-17-12-15(4-6-18(17)24-3)16-5-7-19(21-13-16)20(23)8-10-25-11-9-20/h4-7,12-13,23H,8-11,14H2,1-3H3. The number of aromatic nitrogens is 1. The van der Waals surface area contributed by atoms with E-state index in [0.29, 0.717) is 26.1 Å². The summed E-state index contributed by atoms with van der Waals surface area (Å²) < 4.78 is 10.8. The van der Waals surface area contributed by atoms with Crippen molar-refractivity contribution in [2.24, 2.45) is 0 Å². The fourth-order valence-corrected chi connectivity index (χ4v) is 3.23. The van der Waals surface area contributed by atoms with E-state index in [-0.39, 0.29) is 0 Å². The summed E-state index contributed by atoms with van der Waals surface area (Å²) in [7, 11) is 5.77. The molecule has 0 saturated carbocycles. The van der Waals surface area contributed by atoms with Gasteiger partial charge in [-0.05, 0) is 37.9 Å². The number of pyridine rings is 1. The quantitative estimate of drug-likeness (QED) is 0.905. The Morgan fingerprint density at radius 1 is 1.16 bits per heavy atom. The highest BCUT2D eigenvalue weighted by atomic mass is 16.5. The highest BCUT2D eigenvalue weighted by Gasteiger charge is 2.33. The van der Waals surface area contributed by atoms with Crippen LogP contribution in [0.3, 0.4) is 0 Å². The molecule has 0 atom stereocenters. The van der Waals surface area contributed by atoms with Crippen LogP contribution in [-0.2, 0) is 16.9 Å². The maximum Gasteiger partial charge on any atom is 0.123 e. The normalized spacial score (nSPS) is 16.8. The average Bonchev–Trinajstić information content (AvgIpc) is 2.62. The highest BCUT2D eigenvalue weighted by Crippen LogP contribution is 2.32. The first-order valence-corrected chi connectivity index (χ1v) is 8.60. The van der Waals surface area contributed by atoms with Gasteiger partial charge in [-0.3, -0.25) is 4.98 Å². The van der Waals surface area contributed by atoms with Crippen LogP contribution in [0.4, 0.5) is 0 Å². The summed E-state index contributed by atoms with van der Waals surface area (Å²) in [6, 6.07) is 10.1. The minimum Gasteiger partial charge on any atom is -0.496 e. The van der Waals surface area contributed by atoms with E-state index in [1.807, 2.05) is 44.6 Å². The van der Waals surface area contributed by atoms with Crippen molar-refractivity contribution in [2.45, 2.75) is 25.0 Å². The molecule has 0 spiro atoms. The molecule has 1 aromatic heterocycles. The molecule has 1 aromatic carbocycles. The Balaban J connectivity index is 1.87. The molecule has 1 fully saturated rings. The van der Waals surface area contributed by atoms with Crippen molar-refractivity contribution in [3.63, 3.8) is 0 Å². The SMILES string of the molecule is COc1ccc(-c2ccc(C3(O)CCOCC3)nc2)cc1CN(C)C. The van der Waals surface area contributed by atoms with Gasteiger partial charge in [0.1, 0.15) is 11.4 Å². The Morgan fingerprint density at radius 2 is 1.88 bits per heavy atom. The van der Waals surface area contributed by atoms with E-state index in [1.165, 1.54) is 0 Å². The van der Waals surface area contributed by atoms with Crippen LogP contribution in [0.5, 0.6) is 5.75 Å². The molecule has 1 aliphatic heterocycles. The van der Waals surface area contributed by atoms with Crippen molar-refractivity contribution >= 4 is 0 Å². The molecular formula is C20H26N2O3. The van der Waals surface area contributed by atoms with Gasteiger partial charge in [-0.15, -0.1) is 0 Å². The third kappa shape index (κ3) is 4.00. The summed E-state index contributed by atoms with van der Waals surface area (Å²) >= 11 is 0. The van der Waals surface area contributed by atoms with E-state index in [9.17, 15) is 5.11 Å². The van der Waals surface area contributed by atoms with Crippen LogP contribution in [0.25, 0.3) is 11.1 Å². The van der Waals surface area contributed by atoms with Crippen LogP contribution in [0, 0.1) is 0 Å². The summed E-state index contributed by atoms with van der Waals surface area (Å²) in [5, 5.41) is 10.8. The lowest BCUT2D eigenvalue weighted by Gasteiger charge is -2.31. The number of hydrogen-bond donors (Lipinski definition) is 1. The van der Waals surface area contributed by atoms with Gasteiger partial charge in [0.25, 0.3) is 0 Å². The number of hydrogen-bond acceptors (Lipinski definition) is 5. The molecule has 25 heavy (non-hydrogen) atoms. The van der Waals surface area contributed by atoms with Crippen molar-refractivity contribution in [1.82, 2.24) is 9.88 Å². The first kappa shape index (κ1) is 17.9. The molecule has 5 nitrogen and oxygen atoms in total. The minimum absolute atomic E-state index is 0.576. The lowest BCUT2D eigenvalue weighted by Crippen LogP contribution is -2.34. The molecule has 2 heterocycles. The monoisotopic (exact) mass is 342 g/mol. The molecule has 0 bridgehead atoms. The summed E-state index contributed by atoms with van der Waals surface area (Å²) in [5.41, 5.74) is 3.11. The smallest absolute Gasteiger partial charge is 0.123 e. The number of ether oxygens (including phenoxy) is 2. The maximum absolute atomic E-state index is 10.8. The molecule has 0 unspecified atom stereocenters. The third-order valence-electron chi connectivity index (χ3n) is 4.66. The van der Waals surface area contributed by atoms with E-state index in [4.69, 9.17) is 9.47 Å². The molecule has 2 aromatic rings. The largest absolute Gasteiger partial charge is 0.496 e. The first-order valence-electron chi connectivity index (χ1n) is 8.60. The van der Waals surface area contributed by atoms with Gasteiger partial charge >= 0.3 is 0 Å². The van der Waals surface area contributed by atoms with E-state index >= 15 is 0 Å². The van der Waals surface area contributed by atoms with E-state index in [1.54, 1.807) is 7.11 Å². The van der Waals surface area contributed by atoms with Gasteiger partial charge in [0.2, 0.25) is 0 Å². The number of rotatable bonds is 5. The van der Waals surface area contributed by atoms with Crippen LogP contribution < -0.4 is 4.74 Å². The molecule has 134 valence electrons. The maximum atomic E-state index is 10.8. The van der Waals surface area contributed by atoms with Gasteiger partial charge in [0.15, 0.2) is 0 Å². The van der Waals surface area contributed by atoms with Gasteiger partial charge in [0, 0.05) is 49.9 Å². The van der Waals surface area contributed by atoms with Gasteiger partial charge in [-0.25, -0.2) is 0 Å².